The van der Waals surface area contributed by atoms with Gasteiger partial charge >= 0.3 is 6.18 Å². The Morgan fingerprint density at radius 3 is 2.67 bits per heavy atom. The fraction of sp³-hybridized carbons (Fsp3) is 0.407. The lowest BCUT2D eigenvalue weighted by Gasteiger charge is -2.53. The Labute approximate surface area is 221 Å². The second-order valence-electron chi connectivity index (χ2n) is 10.4. The summed E-state index contributed by atoms with van der Waals surface area (Å²) in [5.74, 6) is -1.19. The summed E-state index contributed by atoms with van der Waals surface area (Å²) in [5, 5.41) is 15.1. The summed E-state index contributed by atoms with van der Waals surface area (Å²) in [5.41, 5.74) is 0.790. The van der Waals surface area contributed by atoms with E-state index < -0.39 is 23.1 Å². The maximum atomic E-state index is 14.5. The van der Waals surface area contributed by atoms with Crippen LogP contribution in [-0.2, 0) is 18.3 Å². The monoisotopic (exact) mass is 538 g/mol. The van der Waals surface area contributed by atoms with E-state index in [1.54, 1.807) is 6.20 Å². The van der Waals surface area contributed by atoms with Crippen LogP contribution in [0.2, 0.25) is 0 Å². The van der Waals surface area contributed by atoms with Crippen molar-refractivity contribution in [2.75, 3.05) is 26.2 Å². The molecule has 1 aromatic carbocycles. The molecule has 6 rings (SSSR count). The maximum Gasteiger partial charge on any atom is 0.419 e. The fourth-order valence-electron chi connectivity index (χ4n) is 5.86. The molecule has 2 fully saturated rings. The highest BCUT2D eigenvalue weighted by Crippen LogP contribution is 2.38. The van der Waals surface area contributed by atoms with Crippen LogP contribution in [0.15, 0.2) is 49.2 Å². The molecule has 0 atom stereocenters. The van der Waals surface area contributed by atoms with Crippen LogP contribution in [0.25, 0.3) is 22.3 Å². The zero-order valence-electron chi connectivity index (χ0n) is 21.0. The molecular weight excluding hydrogens is 512 g/mol. The van der Waals surface area contributed by atoms with E-state index in [1.807, 2.05) is 28.0 Å². The van der Waals surface area contributed by atoms with Crippen molar-refractivity contribution < 1.29 is 17.6 Å². The van der Waals surface area contributed by atoms with Crippen LogP contribution in [0, 0.1) is 17.1 Å². The summed E-state index contributed by atoms with van der Waals surface area (Å²) in [4.78, 5) is 16.1. The van der Waals surface area contributed by atoms with Crippen LogP contribution in [0.1, 0.15) is 30.4 Å². The number of nitrogens with one attached hydrogen (secondary N) is 1. The molecule has 12 heteroatoms. The van der Waals surface area contributed by atoms with Gasteiger partial charge in [0.15, 0.2) is 0 Å². The Balaban J connectivity index is 1.10. The number of halogens is 4. The number of rotatable bonds is 6. The Morgan fingerprint density at radius 1 is 1.13 bits per heavy atom. The van der Waals surface area contributed by atoms with Crippen molar-refractivity contribution in [3.8, 4) is 17.3 Å². The maximum absolute atomic E-state index is 14.5. The number of aromatic nitrogens is 5. The zero-order valence-corrected chi connectivity index (χ0v) is 21.0. The lowest BCUT2D eigenvalue weighted by molar-refractivity contribution is -0.140. The number of nitriles is 1. The molecule has 0 aliphatic carbocycles. The van der Waals surface area contributed by atoms with E-state index in [-0.39, 0.29) is 18.2 Å². The lowest BCUT2D eigenvalue weighted by atomic mass is 9.83. The zero-order chi connectivity index (χ0) is 27.2. The minimum absolute atomic E-state index is 0.0651. The summed E-state index contributed by atoms with van der Waals surface area (Å²) in [6.45, 7) is 2.83. The Kier molecular flexibility index (Phi) is 6.35. The van der Waals surface area contributed by atoms with Gasteiger partial charge in [-0.3, -0.25) is 14.5 Å². The van der Waals surface area contributed by atoms with Gasteiger partial charge in [0.2, 0.25) is 0 Å². The molecule has 0 bridgehead atoms. The normalized spacial score (nSPS) is 18.7. The van der Waals surface area contributed by atoms with Gasteiger partial charge in [0.25, 0.3) is 0 Å². The van der Waals surface area contributed by atoms with E-state index in [1.165, 1.54) is 18.5 Å². The van der Waals surface area contributed by atoms with Crippen molar-refractivity contribution in [2.45, 2.75) is 43.6 Å². The molecule has 0 amide bonds. The van der Waals surface area contributed by atoms with Gasteiger partial charge in [0.05, 0.1) is 29.9 Å². The quantitative estimate of drug-likeness (QED) is 0.362. The van der Waals surface area contributed by atoms with Crippen LogP contribution in [0.4, 0.5) is 17.6 Å². The highest BCUT2D eigenvalue weighted by Gasteiger charge is 2.48. The van der Waals surface area contributed by atoms with Gasteiger partial charge in [-0.1, -0.05) is 12.1 Å². The fourth-order valence-corrected chi connectivity index (χ4v) is 5.86. The van der Waals surface area contributed by atoms with E-state index in [0.717, 1.165) is 41.2 Å². The molecule has 0 spiro atoms. The first-order valence-corrected chi connectivity index (χ1v) is 12.8. The summed E-state index contributed by atoms with van der Waals surface area (Å²) in [7, 11) is 0. The van der Waals surface area contributed by atoms with Crippen LogP contribution in [0.3, 0.4) is 0 Å². The summed E-state index contributed by atoms with van der Waals surface area (Å²) < 4.78 is 55.6. The second kappa shape index (κ2) is 9.73. The van der Waals surface area contributed by atoms with E-state index in [0.29, 0.717) is 32.6 Å². The standard InChI is InChI=1S/C27H26F4N8/c28-23-18(2-1-3-22(23)27(29,30)31)13-37-10-5-20(6-11-37)38-15-26(16-38,7-8-32)39-14-19(12-36-39)24-21-4-9-33-25(21)35-17-34-24/h1-4,9,12,14,17,20H,5-7,10-11,13,15-16H2,(H,33,34,35). The number of alkyl halides is 3. The minimum Gasteiger partial charge on any atom is -0.346 e. The average Bonchev–Trinajstić information content (AvgIpc) is 3.57. The molecule has 0 radical (unpaired) electrons. The number of fused-ring (bicyclic) bond motifs is 1. The number of H-pyrrole nitrogens is 1. The predicted octanol–water partition coefficient (Wildman–Crippen LogP) is 4.57. The molecule has 0 saturated carbocycles. The van der Waals surface area contributed by atoms with Gasteiger partial charge < -0.3 is 4.98 Å². The number of benzene rings is 1. The predicted molar refractivity (Wildman–Crippen MR) is 135 cm³/mol. The number of hydrogen-bond acceptors (Lipinski definition) is 6. The SMILES string of the molecule is N#CCC1(n2cc(-c3ncnc4[nH]ccc34)cn2)CN(C2CCN(Cc3cccc(C(F)(F)F)c3F)CC2)C1. The second-order valence-corrected chi connectivity index (χ2v) is 10.4. The van der Waals surface area contributed by atoms with Gasteiger partial charge in [-0.2, -0.15) is 23.5 Å². The van der Waals surface area contributed by atoms with E-state index in [2.05, 4.69) is 31.0 Å². The summed E-state index contributed by atoms with van der Waals surface area (Å²) in [6.07, 6.45) is 4.28. The molecule has 2 aliphatic heterocycles. The molecule has 0 unspecified atom stereocenters. The first-order valence-electron chi connectivity index (χ1n) is 12.8. The van der Waals surface area contributed by atoms with Gasteiger partial charge in [-0.25, -0.2) is 14.4 Å². The van der Waals surface area contributed by atoms with E-state index in [9.17, 15) is 22.8 Å². The molecule has 39 heavy (non-hydrogen) atoms. The van der Waals surface area contributed by atoms with Crippen LogP contribution in [0.5, 0.6) is 0 Å². The first-order chi connectivity index (χ1) is 18.8. The highest BCUT2D eigenvalue weighted by atomic mass is 19.4. The number of aromatic amines is 1. The highest BCUT2D eigenvalue weighted by molar-refractivity contribution is 5.90. The molecule has 3 aromatic heterocycles. The smallest absolute Gasteiger partial charge is 0.346 e. The molecule has 1 N–H and O–H groups in total. The largest absolute Gasteiger partial charge is 0.419 e. The number of likely N-dealkylation sites (tertiary alicyclic amines) is 2. The third-order valence-corrected chi connectivity index (χ3v) is 7.95. The lowest BCUT2D eigenvalue weighted by Crippen LogP contribution is -2.66. The van der Waals surface area contributed by atoms with Crippen molar-refractivity contribution in [2.24, 2.45) is 0 Å². The molecule has 8 nitrogen and oxygen atoms in total. The first kappa shape index (κ1) is 25.5. The van der Waals surface area contributed by atoms with Crippen molar-refractivity contribution in [1.29, 1.82) is 5.26 Å². The molecular formula is C27H26F4N8. The van der Waals surface area contributed by atoms with Gasteiger partial charge in [0.1, 0.15) is 23.3 Å². The van der Waals surface area contributed by atoms with Crippen molar-refractivity contribution in [3.63, 3.8) is 0 Å². The van der Waals surface area contributed by atoms with Gasteiger partial charge in [0, 0.05) is 54.6 Å². The average molecular weight is 539 g/mol. The van der Waals surface area contributed by atoms with Crippen molar-refractivity contribution in [3.05, 3.63) is 66.1 Å². The molecule has 2 saturated heterocycles. The van der Waals surface area contributed by atoms with Gasteiger partial charge in [-0.15, -0.1) is 0 Å². The van der Waals surface area contributed by atoms with E-state index in [4.69, 9.17) is 0 Å². The van der Waals surface area contributed by atoms with E-state index >= 15 is 0 Å². The summed E-state index contributed by atoms with van der Waals surface area (Å²) in [6, 6.07) is 7.99. The Hall–Kier alpha value is -3.82. The molecule has 2 aliphatic rings. The topological polar surface area (TPSA) is 89.7 Å². The molecule has 5 heterocycles. The van der Waals surface area contributed by atoms with Gasteiger partial charge in [-0.05, 0) is 38.1 Å². The Morgan fingerprint density at radius 2 is 1.92 bits per heavy atom. The number of hydrogen-bond donors (Lipinski definition) is 1. The molecule has 4 aromatic rings. The van der Waals surface area contributed by atoms with Crippen molar-refractivity contribution >= 4 is 11.0 Å². The number of piperidine rings is 1. The Bertz CT molecular complexity index is 1520. The van der Waals surface area contributed by atoms with Crippen LogP contribution >= 0.6 is 0 Å². The van der Waals surface area contributed by atoms with Crippen molar-refractivity contribution in [1.82, 2.24) is 34.5 Å². The van der Waals surface area contributed by atoms with Crippen LogP contribution in [-0.4, -0.2) is 66.8 Å². The van der Waals surface area contributed by atoms with Crippen LogP contribution < -0.4 is 0 Å². The minimum atomic E-state index is -4.71. The summed E-state index contributed by atoms with van der Waals surface area (Å²) >= 11 is 0. The third-order valence-electron chi connectivity index (χ3n) is 7.95. The third kappa shape index (κ3) is 4.66. The molecule has 202 valence electrons. The number of nitrogens with zero attached hydrogens (tertiary/aromatic N) is 7.